The summed E-state index contributed by atoms with van der Waals surface area (Å²) in [6.45, 7) is 3.23. The minimum Gasteiger partial charge on any atom is -0.494 e. The van der Waals surface area contributed by atoms with Crippen LogP contribution in [0.2, 0.25) is 10.0 Å². The molecular formula is C22H26Cl2N2O3S. The van der Waals surface area contributed by atoms with Gasteiger partial charge in [0.2, 0.25) is 5.91 Å². The molecule has 2 aromatic carbocycles. The van der Waals surface area contributed by atoms with Crippen LogP contribution in [0.25, 0.3) is 0 Å². The van der Waals surface area contributed by atoms with Crippen molar-refractivity contribution >= 4 is 52.1 Å². The fourth-order valence-corrected chi connectivity index (χ4v) is 3.23. The van der Waals surface area contributed by atoms with E-state index in [0.717, 1.165) is 24.3 Å². The summed E-state index contributed by atoms with van der Waals surface area (Å²) < 4.78 is 11.2. The molecule has 0 fully saturated rings. The summed E-state index contributed by atoms with van der Waals surface area (Å²) >= 11 is 17.1. The Balaban J connectivity index is 1.64. The summed E-state index contributed by atoms with van der Waals surface area (Å²) in [5.74, 6) is 1.16. The summed E-state index contributed by atoms with van der Waals surface area (Å²) in [5.41, 5.74) is 0.780. The zero-order chi connectivity index (χ0) is 21.8. The molecular weight excluding hydrogens is 443 g/mol. The third kappa shape index (κ3) is 9.20. The van der Waals surface area contributed by atoms with Gasteiger partial charge in [-0.15, -0.1) is 0 Å². The van der Waals surface area contributed by atoms with Gasteiger partial charge in [0.15, 0.2) is 5.11 Å². The van der Waals surface area contributed by atoms with E-state index in [4.69, 9.17) is 44.9 Å². The Labute approximate surface area is 193 Å². The third-order valence-electron chi connectivity index (χ3n) is 4.08. The highest BCUT2D eigenvalue weighted by Gasteiger charge is 2.07. The second kappa shape index (κ2) is 13.3. The Bertz CT molecular complexity index is 832. The smallest absolute Gasteiger partial charge is 0.226 e. The van der Waals surface area contributed by atoms with Crippen molar-refractivity contribution in [3.8, 4) is 11.5 Å². The number of halogens is 2. The van der Waals surface area contributed by atoms with Crippen molar-refractivity contribution in [1.82, 2.24) is 5.32 Å². The van der Waals surface area contributed by atoms with Gasteiger partial charge in [-0.25, -0.2) is 0 Å². The van der Waals surface area contributed by atoms with Gasteiger partial charge in [-0.05, 0) is 67.5 Å². The average Bonchev–Trinajstić information content (AvgIpc) is 2.71. The fraction of sp³-hybridized carbons (Fsp3) is 0.364. The van der Waals surface area contributed by atoms with Crippen LogP contribution in [-0.4, -0.2) is 24.2 Å². The molecule has 2 N–H and O–H groups in total. The van der Waals surface area contributed by atoms with Crippen molar-refractivity contribution in [3.05, 3.63) is 52.5 Å². The Morgan fingerprint density at radius 3 is 2.43 bits per heavy atom. The minimum absolute atomic E-state index is 0.186. The number of rotatable bonds is 11. The number of hydrogen-bond donors (Lipinski definition) is 2. The standard InChI is InChI=1S/C22H26Cl2N2O3S/c1-2-3-4-13-28-18-10-8-17(9-11-18)25-22(30)26-21(27)6-5-14-29-20-12-7-16(23)15-19(20)24/h7-12,15H,2-6,13-14H2,1H3,(H2,25,26,27,30). The Hall–Kier alpha value is -2.02. The quantitative estimate of drug-likeness (QED) is 0.302. The molecule has 2 aromatic rings. The van der Waals surface area contributed by atoms with Gasteiger partial charge in [0.1, 0.15) is 11.5 Å². The van der Waals surface area contributed by atoms with Gasteiger partial charge < -0.3 is 20.1 Å². The molecule has 0 aliphatic heterocycles. The zero-order valence-corrected chi connectivity index (χ0v) is 19.2. The number of anilines is 1. The molecule has 162 valence electrons. The third-order valence-corrected chi connectivity index (χ3v) is 4.82. The van der Waals surface area contributed by atoms with Crippen LogP contribution < -0.4 is 20.1 Å². The zero-order valence-electron chi connectivity index (χ0n) is 16.9. The second-order valence-corrected chi connectivity index (χ2v) is 7.86. The van der Waals surface area contributed by atoms with Crippen LogP contribution in [-0.2, 0) is 4.79 Å². The van der Waals surface area contributed by atoms with E-state index >= 15 is 0 Å². The van der Waals surface area contributed by atoms with Gasteiger partial charge in [-0.3, -0.25) is 4.79 Å². The van der Waals surface area contributed by atoms with E-state index in [0.29, 0.717) is 35.4 Å². The maximum absolute atomic E-state index is 12.0. The van der Waals surface area contributed by atoms with Gasteiger partial charge in [-0.2, -0.15) is 0 Å². The van der Waals surface area contributed by atoms with E-state index in [2.05, 4.69) is 17.6 Å². The molecule has 0 aliphatic carbocycles. The second-order valence-electron chi connectivity index (χ2n) is 6.61. The maximum Gasteiger partial charge on any atom is 0.226 e. The van der Waals surface area contributed by atoms with Gasteiger partial charge in [0, 0.05) is 17.1 Å². The highest BCUT2D eigenvalue weighted by atomic mass is 35.5. The van der Waals surface area contributed by atoms with Crippen LogP contribution in [0.5, 0.6) is 11.5 Å². The number of thiocarbonyl (C=S) groups is 1. The molecule has 0 heterocycles. The van der Waals surface area contributed by atoms with Crippen LogP contribution in [0.4, 0.5) is 5.69 Å². The predicted octanol–water partition coefficient (Wildman–Crippen LogP) is 6.23. The van der Waals surface area contributed by atoms with E-state index in [1.807, 2.05) is 24.3 Å². The Morgan fingerprint density at radius 2 is 1.73 bits per heavy atom. The van der Waals surface area contributed by atoms with Crippen LogP contribution in [0.3, 0.4) is 0 Å². The molecule has 0 saturated heterocycles. The Morgan fingerprint density at radius 1 is 1.00 bits per heavy atom. The molecule has 0 saturated carbocycles. The topological polar surface area (TPSA) is 59.6 Å². The minimum atomic E-state index is -0.186. The first kappa shape index (κ1) is 24.3. The number of benzene rings is 2. The number of unbranched alkanes of at least 4 members (excludes halogenated alkanes) is 2. The number of ether oxygens (including phenoxy) is 2. The molecule has 30 heavy (non-hydrogen) atoms. The average molecular weight is 469 g/mol. The summed E-state index contributed by atoms with van der Waals surface area (Å²) in [4.78, 5) is 12.0. The van der Waals surface area contributed by atoms with Gasteiger partial charge in [-0.1, -0.05) is 43.0 Å². The van der Waals surface area contributed by atoms with Crippen molar-refractivity contribution in [2.45, 2.75) is 39.0 Å². The molecule has 5 nitrogen and oxygen atoms in total. The molecule has 0 aromatic heterocycles. The first-order chi connectivity index (χ1) is 14.5. The lowest BCUT2D eigenvalue weighted by atomic mass is 10.2. The molecule has 0 radical (unpaired) electrons. The number of hydrogen-bond acceptors (Lipinski definition) is 4. The van der Waals surface area contributed by atoms with Crippen molar-refractivity contribution in [3.63, 3.8) is 0 Å². The van der Waals surface area contributed by atoms with E-state index < -0.39 is 0 Å². The van der Waals surface area contributed by atoms with E-state index in [1.165, 1.54) is 6.42 Å². The maximum atomic E-state index is 12.0. The molecule has 8 heteroatoms. The van der Waals surface area contributed by atoms with Gasteiger partial charge in [0.05, 0.1) is 18.2 Å². The summed E-state index contributed by atoms with van der Waals surface area (Å²) in [7, 11) is 0. The first-order valence-electron chi connectivity index (χ1n) is 9.89. The number of amides is 1. The fourth-order valence-electron chi connectivity index (χ4n) is 2.54. The van der Waals surface area contributed by atoms with Crippen LogP contribution in [0, 0.1) is 0 Å². The van der Waals surface area contributed by atoms with Gasteiger partial charge in [0.25, 0.3) is 0 Å². The highest BCUT2D eigenvalue weighted by molar-refractivity contribution is 7.80. The van der Waals surface area contributed by atoms with Crippen LogP contribution in [0.1, 0.15) is 39.0 Å². The molecule has 0 unspecified atom stereocenters. The molecule has 0 spiro atoms. The number of carbonyl (C=O) groups excluding carboxylic acids is 1. The summed E-state index contributed by atoms with van der Waals surface area (Å²) in [5, 5.41) is 6.88. The molecule has 1 amide bonds. The lowest BCUT2D eigenvalue weighted by Crippen LogP contribution is -2.34. The lowest BCUT2D eigenvalue weighted by molar-refractivity contribution is -0.119. The van der Waals surface area contributed by atoms with Crippen LogP contribution in [0.15, 0.2) is 42.5 Å². The van der Waals surface area contributed by atoms with Crippen LogP contribution >= 0.6 is 35.4 Å². The SMILES string of the molecule is CCCCCOc1ccc(NC(=S)NC(=O)CCCOc2ccc(Cl)cc2Cl)cc1. The van der Waals surface area contributed by atoms with E-state index in [-0.39, 0.29) is 17.4 Å². The first-order valence-corrected chi connectivity index (χ1v) is 11.1. The van der Waals surface area contributed by atoms with Gasteiger partial charge >= 0.3 is 0 Å². The van der Waals surface area contributed by atoms with Crippen molar-refractivity contribution in [1.29, 1.82) is 0 Å². The van der Waals surface area contributed by atoms with Crippen molar-refractivity contribution in [2.75, 3.05) is 18.5 Å². The molecule has 2 rings (SSSR count). The predicted molar refractivity (Wildman–Crippen MR) is 127 cm³/mol. The molecule has 0 bridgehead atoms. The van der Waals surface area contributed by atoms with E-state index in [1.54, 1.807) is 18.2 Å². The molecule has 0 atom stereocenters. The summed E-state index contributed by atoms with van der Waals surface area (Å²) in [6, 6.07) is 12.5. The normalized spacial score (nSPS) is 10.4. The molecule has 0 aliphatic rings. The largest absolute Gasteiger partial charge is 0.494 e. The Kier molecular flexibility index (Phi) is 10.8. The summed E-state index contributed by atoms with van der Waals surface area (Å²) in [6.07, 6.45) is 4.17. The number of carbonyl (C=O) groups is 1. The highest BCUT2D eigenvalue weighted by Crippen LogP contribution is 2.27. The number of nitrogens with one attached hydrogen (secondary N) is 2. The van der Waals surface area contributed by atoms with Crippen molar-refractivity contribution < 1.29 is 14.3 Å². The van der Waals surface area contributed by atoms with Crippen molar-refractivity contribution in [2.24, 2.45) is 0 Å². The van der Waals surface area contributed by atoms with E-state index in [9.17, 15) is 4.79 Å². The lowest BCUT2D eigenvalue weighted by Gasteiger charge is -2.11. The monoisotopic (exact) mass is 468 g/mol.